The van der Waals surface area contributed by atoms with Crippen LogP contribution in [0.2, 0.25) is 0 Å². The minimum absolute atomic E-state index is 0.798. The first-order valence-corrected chi connectivity index (χ1v) is 5.49. The third-order valence-electron chi connectivity index (χ3n) is 3.09. The maximum atomic E-state index is 3.90. The molecular weight excluding hydrogens is 158 g/mol. The van der Waals surface area contributed by atoms with Gasteiger partial charge in [-0.3, -0.25) is 0 Å². The predicted molar refractivity (Wildman–Crippen MR) is 58.8 cm³/mol. The van der Waals surface area contributed by atoms with Gasteiger partial charge in [-0.2, -0.15) is 0 Å². The molecule has 0 aromatic carbocycles. The standard InChI is InChI=1S/C12H23N/c1-4-11-6-5-7-12(9-8-11)10-13(2)3/h4,11-12H,1,5-10H2,2-3H3. The maximum Gasteiger partial charge on any atom is 0.000356 e. The zero-order chi connectivity index (χ0) is 9.68. The molecule has 1 rings (SSSR count). The molecule has 0 bridgehead atoms. The SMILES string of the molecule is C=CC1CCCC(CN(C)C)CC1. The number of hydrogen-bond donors (Lipinski definition) is 0. The van der Waals surface area contributed by atoms with Crippen molar-refractivity contribution in [2.45, 2.75) is 32.1 Å². The van der Waals surface area contributed by atoms with Crippen LogP contribution >= 0.6 is 0 Å². The van der Waals surface area contributed by atoms with Crippen LogP contribution < -0.4 is 0 Å². The van der Waals surface area contributed by atoms with E-state index in [1.165, 1.54) is 38.6 Å². The van der Waals surface area contributed by atoms with Crippen molar-refractivity contribution in [2.75, 3.05) is 20.6 Å². The van der Waals surface area contributed by atoms with Crippen LogP contribution in [0.4, 0.5) is 0 Å². The van der Waals surface area contributed by atoms with Crippen LogP contribution in [0.25, 0.3) is 0 Å². The van der Waals surface area contributed by atoms with Crippen molar-refractivity contribution in [2.24, 2.45) is 11.8 Å². The largest absolute Gasteiger partial charge is 0.309 e. The molecule has 0 aromatic rings. The molecular formula is C12H23N. The van der Waals surface area contributed by atoms with Crippen LogP contribution in [-0.4, -0.2) is 25.5 Å². The first kappa shape index (κ1) is 10.8. The average Bonchev–Trinajstić information content (AvgIpc) is 2.29. The van der Waals surface area contributed by atoms with E-state index in [9.17, 15) is 0 Å². The van der Waals surface area contributed by atoms with Gasteiger partial charge in [-0.1, -0.05) is 12.5 Å². The fourth-order valence-corrected chi connectivity index (χ4v) is 2.34. The zero-order valence-corrected chi connectivity index (χ0v) is 9.13. The molecule has 1 aliphatic carbocycles. The lowest BCUT2D eigenvalue weighted by Crippen LogP contribution is -2.21. The Morgan fingerprint density at radius 1 is 1.23 bits per heavy atom. The minimum Gasteiger partial charge on any atom is -0.309 e. The molecule has 1 fully saturated rings. The second-order valence-corrected chi connectivity index (χ2v) is 4.63. The first-order chi connectivity index (χ1) is 6.22. The number of rotatable bonds is 3. The lowest BCUT2D eigenvalue weighted by molar-refractivity contribution is 0.301. The van der Waals surface area contributed by atoms with Gasteiger partial charge < -0.3 is 4.90 Å². The Hall–Kier alpha value is -0.300. The summed E-state index contributed by atoms with van der Waals surface area (Å²) in [5.74, 6) is 1.73. The van der Waals surface area contributed by atoms with Gasteiger partial charge in [0, 0.05) is 6.54 Å². The van der Waals surface area contributed by atoms with E-state index in [-0.39, 0.29) is 0 Å². The van der Waals surface area contributed by atoms with Crippen molar-refractivity contribution in [1.29, 1.82) is 0 Å². The van der Waals surface area contributed by atoms with Crippen molar-refractivity contribution in [3.05, 3.63) is 12.7 Å². The molecule has 2 unspecified atom stereocenters. The molecule has 1 nitrogen and oxygen atoms in total. The van der Waals surface area contributed by atoms with Crippen molar-refractivity contribution < 1.29 is 0 Å². The van der Waals surface area contributed by atoms with Crippen LogP contribution in [0, 0.1) is 11.8 Å². The van der Waals surface area contributed by atoms with Crippen LogP contribution in [0.3, 0.4) is 0 Å². The van der Waals surface area contributed by atoms with Crippen molar-refractivity contribution in [3.63, 3.8) is 0 Å². The highest BCUT2D eigenvalue weighted by Crippen LogP contribution is 2.27. The summed E-state index contributed by atoms with van der Waals surface area (Å²) < 4.78 is 0. The summed E-state index contributed by atoms with van der Waals surface area (Å²) in [5, 5.41) is 0. The van der Waals surface area contributed by atoms with Crippen molar-refractivity contribution in [3.8, 4) is 0 Å². The summed E-state index contributed by atoms with van der Waals surface area (Å²) >= 11 is 0. The lowest BCUT2D eigenvalue weighted by Gasteiger charge is -2.18. The quantitative estimate of drug-likeness (QED) is 0.478. The Kier molecular flexibility index (Phi) is 4.51. The molecule has 0 radical (unpaired) electrons. The fourth-order valence-electron chi connectivity index (χ4n) is 2.34. The highest BCUT2D eigenvalue weighted by Gasteiger charge is 2.17. The zero-order valence-electron chi connectivity index (χ0n) is 9.13. The van der Waals surface area contributed by atoms with E-state index in [0.29, 0.717) is 0 Å². The van der Waals surface area contributed by atoms with E-state index in [2.05, 4.69) is 31.7 Å². The van der Waals surface area contributed by atoms with E-state index in [0.717, 1.165) is 11.8 Å². The topological polar surface area (TPSA) is 3.24 Å². The molecule has 2 atom stereocenters. The Labute approximate surface area is 82.8 Å². The van der Waals surface area contributed by atoms with Gasteiger partial charge in [0.05, 0.1) is 0 Å². The Bertz CT molecular complexity index is 151. The van der Waals surface area contributed by atoms with Crippen molar-refractivity contribution in [1.82, 2.24) is 4.90 Å². The summed E-state index contributed by atoms with van der Waals surface area (Å²) in [6.07, 6.45) is 9.10. The highest BCUT2D eigenvalue weighted by atomic mass is 15.1. The smallest absolute Gasteiger partial charge is 0.000356 e. The minimum atomic E-state index is 0.798. The van der Waals surface area contributed by atoms with Gasteiger partial charge in [-0.25, -0.2) is 0 Å². The van der Waals surface area contributed by atoms with E-state index < -0.39 is 0 Å². The summed E-state index contributed by atoms with van der Waals surface area (Å²) in [4.78, 5) is 2.32. The molecule has 0 saturated heterocycles. The normalized spacial score (nSPS) is 30.1. The van der Waals surface area contributed by atoms with Gasteiger partial charge in [0.25, 0.3) is 0 Å². The molecule has 0 amide bonds. The molecule has 0 spiro atoms. The van der Waals surface area contributed by atoms with Gasteiger partial charge in [0.1, 0.15) is 0 Å². The number of allylic oxidation sites excluding steroid dienone is 1. The van der Waals surface area contributed by atoms with Crippen LogP contribution in [0.1, 0.15) is 32.1 Å². The van der Waals surface area contributed by atoms with Gasteiger partial charge in [-0.15, -0.1) is 6.58 Å². The summed E-state index contributed by atoms with van der Waals surface area (Å²) in [5.41, 5.74) is 0. The predicted octanol–water partition coefficient (Wildman–Crippen LogP) is 2.93. The Morgan fingerprint density at radius 2 is 2.00 bits per heavy atom. The molecule has 76 valence electrons. The van der Waals surface area contributed by atoms with E-state index in [4.69, 9.17) is 0 Å². The molecule has 0 heterocycles. The average molecular weight is 181 g/mol. The Morgan fingerprint density at radius 3 is 2.62 bits per heavy atom. The molecule has 1 saturated carbocycles. The van der Waals surface area contributed by atoms with Gasteiger partial charge in [0.15, 0.2) is 0 Å². The summed E-state index contributed by atoms with van der Waals surface area (Å²) in [6.45, 7) is 5.17. The third kappa shape index (κ3) is 3.95. The third-order valence-corrected chi connectivity index (χ3v) is 3.09. The first-order valence-electron chi connectivity index (χ1n) is 5.49. The summed E-state index contributed by atoms with van der Waals surface area (Å²) in [6, 6.07) is 0. The van der Waals surface area contributed by atoms with Crippen molar-refractivity contribution >= 4 is 0 Å². The van der Waals surface area contributed by atoms with E-state index in [1.807, 2.05) is 0 Å². The van der Waals surface area contributed by atoms with Crippen LogP contribution in [0.5, 0.6) is 0 Å². The molecule has 1 aliphatic rings. The maximum absolute atomic E-state index is 3.90. The molecule has 1 heteroatoms. The molecule has 0 aliphatic heterocycles. The van der Waals surface area contributed by atoms with Gasteiger partial charge in [-0.05, 0) is 51.6 Å². The summed E-state index contributed by atoms with van der Waals surface area (Å²) in [7, 11) is 4.35. The number of nitrogens with zero attached hydrogens (tertiary/aromatic N) is 1. The lowest BCUT2D eigenvalue weighted by atomic mass is 9.98. The molecule has 13 heavy (non-hydrogen) atoms. The molecule has 0 aromatic heterocycles. The molecule has 0 N–H and O–H groups in total. The second kappa shape index (κ2) is 5.43. The van der Waals surface area contributed by atoms with Gasteiger partial charge >= 0.3 is 0 Å². The van der Waals surface area contributed by atoms with E-state index in [1.54, 1.807) is 0 Å². The monoisotopic (exact) mass is 181 g/mol. The van der Waals surface area contributed by atoms with E-state index >= 15 is 0 Å². The van der Waals surface area contributed by atoms with Gasteiger partial charge in [0.2, 0.25) is 0 Å². The Balaban J connectivity index is 2.31. The fraction of sp³-hybridized carbons (Fsp3) is 0.833. The number of hydrogen-bond acceptors (Lipinski definition) is 1. The highest BCUT2D eigenvalue weighted by molar-refractivity contribution is 4.82. The second-order valence-electron chi connectivity index (χ2n) is 4.63. The van der Waals surface area contributed by atoms with Crippen LogP contribution in [-0.2, 0) is 0 Å². The van der Waals surface area contributed by atoms with Crippen LogP contribution in [0.15, 0.2) is 12.7 Å².